The van der Waals surface area contributed by atoms with Gasteiger partial charge in [-0.3, -0.25) is 10.1 Å². The highest BCUT2D eigenvalue weighted by Gasteiger charge is 2.57. The molecule has 1 aliphatic rings. The van der Waals surface area contributed by atoms with Crippen molar-refractivity contribution < 1.29 is 14.4 Å². The van der Waals surface area contributed by atoms with Gasteiger partial charge in [0.15, 0.2) is 5.79 Å². The maximum atomic E-state index is 10.6. The Labute approximate surface area is 110 Å². The van der Waals surface area contributed by atoms with E-state index in [1.807, 2.05) is 0 Å². The fourth-order valence-electron chi connectivity index (χ4n) is 2.49. The molecule has 100 valence electrons. The number of nitro groups is 1. The summed E-state index contributed by atoms with van der Waals surface area (Å²) in [7, 11) is 3.08. The molecule has 0 aliphatic heterocycles. The van der Waals surface area contributed by atoms with Crippen molar-refractivity contribution >= 4 is 5.69 Å². The van der Waals surface area contributed by atoms with Gasteiger partial charge in [0.25, 0.3) is 5.69 Å². The standard InChI is InChI=1S/C13H14N2O4/c1-18-13(19-2)7-12(8-13,9-14)10-3-5-11(6-4-10)15(16)17/h3-6H,7-8H2,1-2H3. The van der Waals surface area contributed by atoms with Gasteiger partial charge >= 0.3 is 0 Å². The van der Waals surface area contributed by atoms with Gasteiger partial charge < -0.3 is 9.47 Å². The molecule has 0 radical (unpaired) electrons. The highest BCUT2D eigenvalue weighted by molar-refractivity contribution is 5.42. The van der Waals surface area contributed by atoms with Crippen LogP contribution in [0.3, 0.4) is 0 Å². The van der Waals surface area contributed by atoms with Crippen molar-refractivity contribution in [2.24, 2.45) is 0 Å². The minimum atomic E-state index is -0.725. The zero-order valence-electron chi connectivity index (χ0n) is 10.8. The second-order valence-corrected chi connectivity index (χ2v) is 4.67. The molecule has 0 spiro atoms. The number of nitriles is 1. The van der Waals surface area contributed by atoms with Crippen molar-refractivity contribution in [3.63, 3.8) is 0 Å². The number of methoxy groups -OCH3 is 2. The first-order chi connectivity index (χ1) is 9.01. The molecular formula is C13H14N2O4. The van der Waals surface area contributed by atoms with Gasteiger partial charge in [0.05, 0.1) is 16.4 Å². The molecule has 0 atom stereocenters. The SMILES string of the molecule is COC1(OC)CC(C#N)(c2ccc([N+](=O)[O-])cc2)C1. The summed E-state index contributed by atoms with van der Waals surface area (Å²) in [6.07, 6.45) is 0.836. The summed E-state index contributed by atoms with van der Waals surface area (Å²) >= 11 is 0. The van der Waals surface area contributed by atoms with E-state index >= 15 is 0 Å². The Kier molecular flexibility index (Phi) is 3.27. The van der Waals surface area contributed by atoms with Gasteiger partial charge in [-0.05, 0) is 5.56 Å². The van der Waals surface area contributed by atoms with Crippen LogP contribution in [0.4, 0.5) is 5.69 Å². The number of nitrogens with zero attached hydrogens (tertiary/aromatic N) is 2. The van der Waals surface area contributed by atoms with Crippen LogP contribution in [0.2, 0.25) is 0 Å². The van der Waals surface area contributed by atoms with Crippen LogP contribution in [-0.4, -0.2) is 24.9 Å². The molecule has 0 saturated heterocycles. The molecule has 0 heterocycles. The molecule has 6 nitrogen and oxygen atoms in total. The maximum Gasteiger partial charge on any atom is 0.269 e. The number of hydrogen-bond donors (Lipinski definition) is 0. The third-order valence-corrected chi connectivity index (χ3v) is 3.73. The second kappa shape index (κ2) is 4.61. The van der Waals surface area contributed by atoms with E-state index in [9.17, 15) is 15.4 Å². The van der Waals surface area contributed by atoms with Crippen LogP contribution in [-0.2, 0) is 14.9 Å². The van der Waals surface area contributed by atoms with E-state index in [0.717, 1.165) is 5.56 Å². The molecule has 0 amide bonds. The largest absolute Gasteiger partial charge is 0.353 e. The lowest BCUT2D eigenvalue weighted by Gasteiger charge is -2.50. The smallest absolute Gasteiger partial charge is 0.269 e. The van der Waals surface area contributed by atoms with E-state index in [2.05, 4.69) is 6.07 Å². The number of hydrogen-bond acceptors (Lipinski definition) is 5. The van der Waals surface area contributed by atoms with Crippen molar-refractivity contribution in [3.05, 3.63) is 39.9 Å². The highest BCUT2D eigenvalue weighted by Crippen LogP contribution is 2.52. The van der Waals surface area contributed by atoms with Crippen LogP contribution in [0, 0.1) is 21.4 Å². The van der Waals surface area contributed by atoms with E-state index in [-0.39, 0.29) is 5.69 Å². The van der Waals surface area contributed by atoms with Gasteiger partial charge in [-0.15, -0.1) is 0 Å². The Hall–Kier alpha value is -1.97. The molecule has 1 aromatic rings. The lowest BCUT2D eigenvalue weighted by molar-refractivity contribution is -0.384. The van der Waals surface area contributed by atoms with Crippen molar-refractivity contribution in [2.45, 2.75) is 24.0 Å². The third-order valence-electron chi connectivity index (χ3n) is 3.73. The lowest BCUT2D eigenvalue weighted by Crippen LogP contribution is -2.56. The molecule has 2 rings (SSSR count). The summed E-state index contributed by atoms with van der Waals surface area (Å²) in [6.45, 7) is 0. The Bertz CT molecular complexity index is 521. The molecular weight excluding hydrogens is 248 g/mol. The number of non-ortho nitro benzene ring substituents is 1. The Morgan fingerprint density at radius 3 is 2.16 bits per heavy atom. The van der Waals surface area contributed by atoms with Gasteiger partial charge in [0, 0.05) is 39.2 Å². The van der Waals surface area contributed by atoms with Crippen molar-refractivity contribution in [1.82, 2.24) is 0 Å². The predicted octanol–water partition coefficient (Wildman–Crippen LogP) is 2.14. The third kappa shape index (κ3) is 2.07. The van der Waals surface area contributed by atoms with Crippen molar-refractivity contribution in [3.8, 4) is 6.07 Å². The predicted molar refractivity (Wildman–Crippen MR) is 66.4 cm³/mol. The fraction of sp³-hybridized carbons (Fsp3) is 0.462. The molecule has 1 aromatic carbocycles. The summed E-state index contributed by atoms with van der Waals surface area (Å²) in [5, 5.41) is 20.0. The first kappa shape index (κ1) is 13.5. The second-order valence-electron chi connectivity index (χ2n) is 4.67. The van der Waals surface area contributed by atoms with E-state index in [1.165, 1.54) is 12.1 Å². The summed E-state index contributed by atoms with van der Waals surface area (Å²) < 4.78 is 10.6. The first-order valence-corrected chi connectivity index (χ1v) is 5.77. The van der Waals surface area contributed by atoms with E-state index in [4.69, 9.17) is 9.47 Å². The minimum absolute atomic E-state index is 0.0147. The summed E-state index contributed by atoms with van der Waals surface area (Å²) in [4.78, 5) is 10.2. The van der Waals surface area contributed by atoms with Gasteiger partial charge in [-0.1, -0.05) is 12.1 Å². The average Bonchev–Trinajstić information content (AvgIpc) is 2.40. The Morgan fingerprint density at radius 2 is 1.79 bits per heavy atom. The van der Waals surface area contributed by atoms with E-state index < -0.39 is 16.1 Å². The topological polar surface area (TPSA) is 85.4 Å². The Morgan fingerprint density at radius 1 is 1.26 bits per heavy atom. The van der Waals surface area contributed by atoms with Crippen LogP contribution in [0.15, 0.2) is 24.3 Å². The number of benzene rings is 1. The summed E-state index contributed by atoms with van der Waals surface area (Å²) in [5.41, 5.74) is 0.0764. The van der Waals surface area contributed by atoms with Gasteiger partial charge in [0.1, 0.15) is 0 Å². The molecule has 0 unspecified atom stereocenters. The summed E-state index contributed by atoms with van der Waals surface area (Å²) in [6, 6.07) is 8.34. The van der Waals surface area contributed by atoms with Crippen LogP contribution in [0.25, 0.3) is 0 Å². The van der Waals surface area contributed by atoms with E-state index in [0.29, 0.717) is 12.8 Å². The molecule has 19 heavy (non-hydrogen) atoms. The zero-order valence-corrected chi connectivity index (χ0v) is 10.8. The highest BCUT2D eigenvalue weighted by atomic mass is 16.7. The average molecular weight is 262 g/mol. The monoisotopic (exact) mass is 262 g/mol. The molecule has 1 saturated carbocycles. The van der Waals surface area contributed by atoms with Crippen LogP contribution in [0.5, 0.6) is 0 Å². The van der Waals surface area contributed by atoms with Crippen LogP contribution in [0.1, 0.15) is 18.4 Å². The van der Waals surface area contributed by atoms with Crippen molar-refractivity contribution in [2.75, 3.05) is 14.2 Å². The number of nitro benzene ring substituents is 1. The molecule has 1 aliphatic carbocycles. The summed E-state index contributed by atoms with van der Waals surface area (Å²) in [5.74, 6) is -0.725. The maximum absolute atomic E-state index is 10.6. The normalized spacial score (nSPS) is 19.2. The van der Waals surface area contributed by atoms with Gasteiger partial charge in [-0.2, -0.15) is 5.26 Å². The van der Waals surface area contributed by atoms with Crippen LogP contribution >= 0.6 is 0 Å². The van der Waals surface area contributed by atoms with E-state index in [1.54, 1.807) is 26.4 Å². The zero-order chi connectivity index (χ0) is 14.1. The number of rotatable bonds is 4. The molecule has 0 bridgehead atoms. The quantitative estimate of drug-likeness (QED) is 0.471. The number of ether oxygens (including phenoxy) is 2. The minimum Gasteiger partial charge on any atom is -0.353 e. The molecule has 0 N–H and O–H groups in total. The molecule has 1 fully saturated rings. The van der Waals surface area contributed by atoms with Crippen LogP contribution < -0.4 is 0 Å². The van der Waals surface area contributed by atoms with Crippen molar-refractivity contribution in [1.29, 1.82) is 5.26 Å². The Balaban J connectivity index is 2.26. The van der Waals surface area contributed by atoms with Gasteiger partial charge in [0.2, 0.25) is 0 Å². The fourth-order valence-corrected chi connectivity index (χ4v) is 2.49. The van der Waals surface area contributed by atoms with Gasteiger partial charge in [-0.25, -0.2) is 0 Å². The molecule has 0 aromatic heterocycles. The lowest BCUT2D eigenvalue weighted by atomic mass is 9.61. The first-order valence-electron chi connectivity index (χ1n) is 5.77. The molecule has 6 heteroatoms.